The van der Waals surface area contributed by atoms with Gasteiger partial charge in [-0.25, -0.2) is 4.98 Å². The molecule has 0 unspecified atom stereocenters. The lowest BCUT2D eigenvalue weighted by atomic mass is 10.4. The molecular weight excluding hydrogens is 384 g/mol. The van der Waals surface area contributed by atoms with Crippen LogP contribution in [0.1, 0.15) is 0 Å². The molecule has 0 atom stereocenters. The van der Waals surface area contributed by atoms with Crippen LogP contribution in [-0.2, 0) is 20.8 Å². The molecule has 0 aliphatic carbocycles. The van der Waals surface area contributed by atoms with Crippen molar-refractivity contribution in [3.63, 3.8) is 0 Å². The molecule has 4 rings (SSSR count). The van der Waals surface area contributed by atoms with Gasteiger partial charge in [-0.05, 0) is 12.1 Å². The van der Waals surface area contributed by atoms with Crippen LogP contribution in [0.3, 0.4) is 0 Å². The van der Waals surface area contributed by atoms with Crippen molar-refractivity contribution in [2.75, 3.05) is 18.6 Å². The van der Waals surface area contributed by atoms with Crippen molar-refractivity contribution in [2.45, 2.75) is 6.54 Å². The van der Waals surface area contributed by atoms with Crippen LogP contribution in [0.2, 0.25) is 0 Å². The first-order valence-electron chi connectivity index (χ1n) is 7.27. The minimum atomic E-state index is -3.60. The summed E-state index contributed by atoms with van der Waals surface area (Å²) in [6.45, 7) is -0.185. The van der Waals surface area contributed by atoms with Crippen molar-refractivity contribution >= 4 is 43.4 Å². The van der Waals surface area contributed by atoms with Gasteiger partial charge in [-0.2, -0.15) is 17.9 Å². The molecule has 4 aromatic heterocycles. The topological polar surface area (TPSA) is 148 Å². The van der Waals surface area contributed by atoms with Gasteiger partial charge in [0.25, 0.3) is 10.1 Å². The summed E-state index contributed by atoms with van der Waals surface area (Å²) >= 11 is 0.916. The largest absolute Gasteiger partial charge is 0.461 e. The molecular formula is C13H12N6O5S2. The van der Waals surface area contributed by atoms with E-state index in [4.69, 9.17) is 10.2 Å². The monoisotopic (exact) mass is 396 g/mol. The molecule has 0 bridgehead atoms. The van der Waals surface area contributed by atoms with Crippen LogP contribution < -0.4 is 10.6 Å². The van der Waals surface area contributed by atoms with E-state index in [2.05, 4.69) is 19.2 Å². The third-order valence-corrected chi connectivity index (χ3v) is 5.03. The SMILES string of the molecule is CS(=O)(=O)OCCn1c(=O)sc2c1nc(N)n1nc(-c3ccco3)nc21. The van der Waals surface area contributed by atoms with Crippen LogP contribution in [-0.4, -0.2) is 45.4 Å². The maximum atomic E-state index is 12.3. The zero-order chi connectivity index (χ0) is 18.5. The van der Waals surface area contributed by atoms with Gasteiger partial charge in [0, 0.05) is 0 Å². The number of fused-ring (bicyclic) bond motifs is 3. The number of hydrogen-bond donors (Lipinski definition) is 1. The van der Waals surface area contributed by atoms with Gasteiger partial charge in [-0.15, -0.1) is 5.10 Å². The maximum absolute atomic E-state index is 12.3. The summed E-state index contributed by atoms with van der Waals surface area (Å²) in [5.41, 5.74) is 6.60. The van der Waals surface area contributed by atoms with E-state index in [1.54, 1.807) is 12.1 Å². The zero-order valence-electron chi connectivity index (χ0n) is 13.3. The third-order valence-electron chi connectivity index (χ3n) is 3.47. The minimum Gasteiger partial charge on any atom is -0.461 e. The standard InChI is InChI=1S/C13H12N6O5S2/c1-26(21,22)24-6-4-18-10-8(25-13(18)20)11-15-9(7-3-2-5-23-7)17-19(11)12(14)16-10/h2-3,5H,4,6H2,1H3,(H2,14,16). The first kappa shape index (κ1) is 16.7. The number of furan rings is 1. The summed E-state index contributed by atoms with van der Waals surface area (Å²) in [6.07, 6.45) is 2.43. The Balaban J connectivity index is 1.84. The first-order chi connectivity index (χ1) is 12.3. The molecule has 2 N–H and O–H groups in total. The maximum Gasteiger partial charge on any atom is 0.309 e. The molecule has 0 saturated heterocycles. The van der Waals surface area contributed by atoms with Crippen molar-refractivity contribution in [2.24, 2.45) is 0 Å². The van der Waals surface area contributed by atoms with Crippen LogP contribution in [0.4, 0.5) is 5.95 Å². The third kappa shape index (κ3) is 2.85. The van der Waals surface area contributed by atoms with Gasteiger partial charge in [0.2, 0.25) is 11.8 Å². The molecule has 0 amide bonds. The number of rotatable bonds is 5. The van der Waals surface area contributed by atoms with E-state index >= 15 is 0 Å². The van der Waals surface area contributed by atoms with Gasteiger partial charge in [-0.3, -0.25) is 13.5 Å². The van der Waals surface area contributed by atoms with Crippen LogP contribution in [0, 0.1) is 0 Å². The fraction of sp³-hybridized carbons (Fsp3) is 0.231. The second kappa shape index (κ2) is 5.89. The number of nitrogen functional groups attached to an aromatic ring is 1. The summed E-state index contributed by atoms with van der Waals surface area (Å²) in [5.74, 6) is 0.798. The summed E-state index contributed by atoms with van der Waals surface area (Å²) in [5, 5.41) is 4.25. The molecule has 0 fully saturated rings. The smallest absolute Gasteiger partial charge is 0.309 e. The normalized spacial score (nSPS) is 12.3. The second-order valence-electron chi connectivity index (χ2n) is 5.32. The quantitative estimate of drug-likeness (QED) is 0.471. The Bertz CT molecular complexity index is 1270. The summed E-state index contributed by atoms with van der Waals surface area (Å²) in [7, 11) is -3.60. The Morgan fingerprint density at radius 1 is 1.35 bits per heavy atom. The predicted octanol–water partition coefficient (Wildman–Crippen LogP) is 0.319. The molecule has 136 valence electrons. The molecule has 0 saturated carbocycles. The van der Waals surface area contributed by atoms with E-state index in [1.807, 2.05) is 0 Å². The predicted molar refractivity (Wildman–Crippen MR) is 93.3 cm³/mol. The number of nitrogens with two attached hydrogens (primary N) is 1. The van der Waals surface area contributed by atoms with E-state index < -0.39 is 10.1 Å². The lowest BCUT2D eigenvalue weighted by molar-refractivity contribution is 0.304. The van der Waals surface area contributed by atoms with Gasteiger partial charge in [0.15, 0.2) is 17.1 Å². The zero-order valence-corrected chi connectivity index (χ0v) is 15.0. The second-order valence-corrected chi connectivity index (χ2v) is 7.92. The van der Waals surface area contributed by atoms with Gasteiger partial charge >= 0.3 is 4.87 Å². The van der Waals surface area contributed by atoms with E-state index in [1.165, 1.54) is 15.3 Å². The molecule has 0 radical (unpaired) electrons. The Morgan fingerprint density at radius 3 is 2.85 bits per heavy atom. The molecule has 0 aliphatic rings. The number of thiazole rings is 1. The van der Waals surface area contributed by atoms with Crippen molar-refractivity contribution in [1.29, 1.82) is 0 Å². The van der Waals surface area contributed by atoms with Crippen molar-refractivity contribution in [3.05, 3.63) is 28.1 Å². The molecule has 4 aromatic rings. The fourth-order valence-electron chi connectivity index (χ4n) is 2.42. The molecule has 0 aliphatic heterocycles. The average molecular weight is 396 g/mol. The summed E-state index contributed by atoms with van der Waals surface area (Å²) < 4.78 is 35.2. The van der Waals surface area contributed by atoms with Crippen LogP contribution >= 0.6 is 11.3 Å². The van der Waals surface area contributed by atoms with Crippen LogP contribution in [0.25, 0.3) is 27.6 Å². The highest BCUT2D eigenvalue weighted by Crippen LogP contribution is 2.25. The number of aromatic nitrogens is 5. The van der Waals surface area contributed by atoms with Gasteiger partial charge < -0.3 is 10.2 Å². The molecule has 26 heavy (non-hydrogen) atoms. The van der Waals surface area contributed by atoms with E-state index in [0.717, 1.165) is 17.6 Å². The number of hydrogen-bond acceptors (Lipinski definition) is 10. The number of nitrogens with zero attached hydrogens (tertiary/aromatic N) is 5. The van der Waals surface area contributed by atoms with E-state index in [9.17, 15) is 13.2 Å². The Labute approximate surface area is 149 Å². The molecule has 4 heterocycles. The molecule has 13 heteroatoms. The van der Waals surface area contributed by atoms with Crippen molar-refractivity contribution < 1.29 is 17.0 Å². The minimum absolute atomic E-state index is 0.00763. The van der Waals surface area contributed by atoms with Gasteiger partial charge in [0.05, 0.1) is 25.7 Å². The lowest BCUT2D eigenvalue weighted by Crippen LogP contribution is -2.18. The van der Waals surface area contributed by atoms with Crippen LogP contribution in [0.5, 0.6) is 0 Å². The highest BCUT2D eigenvalue weighted by molar-refractivity contribution is 7.85. The average Bonchev–Trinajstić information content (AvgIpc) is 3.26. The van der Waals surface area contributed by atoms with Gasteiger partial charge in [-0.1, -0.05) is 11.3 Å². The number of anilines is 1. The van der Waals surface area contributed by atoms with Gasteiger partial charge in [0.1, 0.15) is 4.70 Å². The van der Waals surface area contributed by atoms with Crippen LogP contribution in [0.15, 0.2) is 27.6 Å². The van der Waals surface area contributed by atoms with Crippen molar-refractivity contribution in [3.8, 4) is 11.6 Å². The Morgan fingerprint density at radius 2 is 2.15 bits per heavy atom. The lowest BCUT2D eigenvalue weighted by Gasteiger charge is -2.04. The Kier molecular flexibility index (Phi) is 3.78. The summed E-state index contributed by atoms with van der Waals surface area (Å²) in [6, 6.07) is 3.40. The van der Waals surface area contributed by atoms with Crippen molar-refractivity contribution in [1.82, 2.24) is 24.1 Å². The van der Waals surface area contributed by atoms with E-state index in [0.29, 0.717) is 27.6 Å². The molecule has 11 nitrogen and oxygen atoms in total. The highest BCUT2D eigenvalue weighted by atomic mass is 32.2. The molecule has 0 aromatic carbocycles. The Hall–Kier alpha value is -2.77. The molecule has 0 spiro atoms. The fourth-order valence-corrected chi connectivity index (χ4v) is 3.73. The van der Waals surface area contributed by atoms with E-state index in [-0.39, 0.29) is 24.0 Å². The first-order valence-corrected chi connectivity index (χ1v) is 9.90. The highest BCUT2D eigenvalue weighted by Gasteiger charge is 2.19. The summed E-state index contributed by atoms with van der Waals surface area (Å²) in [4.78, 5) is 20.6.